The fourth-order valence-electron chi connectivity index (χ4n) is 3.49. The van der Waals surface area contributed by atoms with Crippen LogP contribution in [0.25, 0.3) is 22.4 Å². The Morgan fingerprint density at radius 2 is 1.73 bits per heavy atom. The Hall–Kier alpha value is -3.11. The predicted octanol–water partition coefficient (Wildman–Crippen LogP) is 6.29. The van der Waals surface area contributed by atoms with Crippen molar-refractivity contribution in [2.75, 3.05) is 5.32 Å². The molecular weight excluding hydrogens is 394 g/mol. The quantitative estimate of drug-likeness (QED) is 0.424. The zero-order chi connectivity index (χ0) is 21.3. The molecule has 0 atom stereocenters. The van der Waals surface area contributed by atoms with E-state index in [2.05, 4.69) is 50.4 Å². The summed E-state index contributed by atoms with van der Waals surface area (Å²) >= 11 is 6.03. The van der Waals surface area contributed by atoms with Crippen LogP contribution in [-0.4, -0.2) is 15.5 Å². The summed E-state index contributed by atoms with van der Waals surface area (Å²) < 4.78 is 1.96. The number of anilines is 1. The van der Waals surface area contributed by atoms with Crippen LogP contribution in [0.15, 0.2) is 72.8 Å². The second-order valence-electron chi connectivity index (χ2n) is 8.40. The van der Waals surface area contributed by atoms with E-state index in [1.54, 1.807) is 12.1 Å². The van der Waals surface area contributed by atoms with Gasteiger partial charge in [0, 0.05) is 16.3 Å². The minimum Gasteiger partial charge on any atom is -0.324 e. The Kier molecular flexibility index (Phi) is 5.35. The van der Waals surface area contributed by atoms with Crippen LogP contribution < -0.4 is 5.32 Å². The molecule has 4 nitrogen and oxygen atoms in total. The number of halogens is 1. The molecule has 0 radical (unpaired) electrons. The van der Waals surface area contributed by atoms with Crippen molar-refractivity contribution in [3.8, 4) is 11.4 Å². The summed E-state index contributed by atoms with van der Waals surface area (Å²) in [7, 11) is 0. The summed E-state index contributed by atoms with van der Waals surface area (Å²) in [6, 6.07) is 23.4. The Labute approximate surface area is 181 Å². The Balaban J connectivity index is 1.69. The number of nitrogens with zero attached hydrogens (tertiary/aromatic N) is 2. The van der Waals surface area contributed by atoms with Gasteiger partial charge >= 0.3 is 0 Å². The largest absolute Gasteiger partial charge is 0.324 e. The third-order valence-electron chi connectivity index (χ3n) is 5.07. The average molecular weight is 418 g/mol. The van der Waals surface area contributed by atoms with Crippen LogP contribution in [0.5, 0.6) is 0 Å². The summed E-state index contributed by atoms with van der Waals surface area (Å²) in [5.74, 6) is 0.644. The highest BCUT2D eigenvalue weighted by Crippen LogP contribution is 2.28. The van der Waals surface area contributed by atoms with E-state index in [4.69, 9.17) is 16.6 Å². The number of fused-ring (bicyclic) bond motifs is 1. The van der Waals surface area contributed by atoms with Gasteiger partial charge in [-0.25, -0.2) is 4.98 Å². The molecule has 0 bridgehead atoms. The molecule has 0 saturated heterocycles. The van der Waals surface area contributed by atoms with Crippen LogP contribution in [0.2, 0.25) is 5.02 Å². The van der Waals surface area contributed by atoms with Crippen LogP contribution in [0, 0.1) is 0 Å². The Morgan fingerprint density at radius 3 is 2.43 bits per heavy atom. The fourth-order valence-corrected chi connectivity index (χ4v) is 3.68. The number of nitrogens with one attached hydrogen (secondary N) is 1. The topological polar surface area (TPSA) is 46.9 Å². The van der Waals surface area contributed by atoms with Crippen molar-refractivity contribution in [1.29, 1.82) is 0 Å². The third-order valence-corrected chi connectivity index (χ3v) is 5.31. The van der Waals surface area contributed by atoms with Gasteiger partial charge in [0.05, 0.1) is 11.0 Å². The van der Waals surface area contributed by atoms with Crippen LogP contribution in [0.3, 0.4) is 0 Å². The second kappa shape index (κ2) is 7.96. The van der Waals surface area contributed by atoms with Crippen molar-refractivity contribution < 1.29 is 4.79 Å². The van der Waals surface area contributed by atoms with Crippen molar-refractivity contribution in [3.63, 3.8) is 0 Å². The lowest BCUT2D eigenvalue weighted by Crippen LogP contribution is -2.19. The minimum atomic E-state index is -0.131. The summed E-state index contributed by atoms with van der Waals surface area (Å²) in [4.78, 5) is 17.6. The number of para-hydroxylation sites is 2. The number of benzene rings is 3. The molecule has 3 aromatic carbocycles. The van der Waals surface area contributed by atoms with E-state index in [1.165, 1.54) is 5.56 Å². The van der Waals surface area contributed by atoms with E-state index < -0.39 is 0 Å². The van der Waals surface area contributed by atoms with E-state index in [9.17, 15) is 4.79 Å². The number of hydrogen-bond acceptors (Lipinski definition) is 2. The smallest absolute Gasteiger partial charge is 0.244 e. The van der Waals surface area contributed by atoms with Gasteiger partial charge in [-0.05, 0) is 41.3 Å². The lowest BCUT2D eigenvalue weighted by molar-refractivity contribution is -0.116. The first kappa shape index (κ1) is 20.2. The standard InChI is InChI=1S/C25H24ClN3O/c1-25(2,3)18-13-11-17(12-14-18)24-28-21-9-4-5-10-22(21)29(24)16-23(30)27-20-8-6-7-19(26)15-20/h4-15H,16H2,1-3H3,(H,27,30). The van der Waals surface area contributed by atoms with Crippen LogP contribution in [0.4, 0.5) is 5.69 Å². The average Bonchev–Trinajstić information content (AvgIpc) is 3.06. The maximum absolute atomic E-state index is 12.8. The van der Waals surface area contributed by atoms with Gasteiger partial charge in [-0.1, -0.05) is 74.8 Å². The molecule has 0 aliphatic heterocycles. The second-order valence-corrected chi connectivity index (χ2v) is 8.83. The SMILES string of the molecule is CC(C)(C)c1ccc(-c2nc3ccccc3n2CC(=O)Nc2cccc(Cl)c2)cc1. The lowest BCUT2D eigenvalue weighted by atomic mass is 9.87. The Bertz CT molecular complexity index is 1200. The number of aromatic nitrogens is 2. The molecule has 0 unspecified atom stereocenters. The minimum absolute atomic E-state index is 0.0789. The zero-order valence-corrected chi connectivity index (χ0v) is 18.1. The van der Waals surface area contributed by atoms with Crippen molar-refractivity contribution >= 4 is 34.2 Å². The highest BCUT2D eigenvalue weighted by Gasteiger charge is 2.17. The van der Waals surface area contributed by atoms with Crippen LogP contribution >= 0.6 is 11.6 Å². The van der Waals surface area contributed by atoms with Gasteiger partial charge in [0.2, 0.25) is 5.91 Å². The first-order valence-electron chi connectivity index (χ1n) is 9.93. The Morgan fingerprint density at radius 1 is 1.00 bits per heavy atom. The van der Waals surface area contributed by atoms with Gasteiger partial charge in [-0.2, -0.15) is 0 Å². The van der Waals surface area contributed by atoms with Crippen molar-refractivity contribution in [2.24, 2.45) is 0 Å². The van der Waals surface area contributed by atoms with Gasteiger partial charge in [0.15, 0.2) is 0 Å². The van der Waals surface area contributed by atoms with Crippen LogP contribution in [0.1, 0.15) is 26.3 Å². The van der Waals surface area contributed by atoms with Crippen molar-refractivity contribution in [3.05, 3.63) is 83.4 Å². The molecule has 0 aliphatic carbocycles. The maximum atomic E-state index is 12.8. The highest BCUT2D eigenvalue weighted by molar-refractivity contribution is 6.30. The van der Waals surface area contributed by atoms with Crippen LogP contribution in [-0.2, 0) is 16.8 Å². The molecule has 4 rings (SSSR count). The molecule has 1 heterocycles. The zero-order valence-electron chi connectivity index (χ0n) is 17.3. The fraction of sp³-hybridized carbons (Fsp3) is 0.200. The van der Waals surface area contributed by atoms with Gasteiger partial charge in [-0.15, -0.1) is 0 Å². The molecule has 1 amide bonds. The van der Waals surface area contributed by atoms with Gasteiger partial charge in [0.1, 0.15) is 12.4 Å². The lowest BCUT2D eigenvalue weighted by Gasteiger charge is -2.19. The molecular formula is C25H24ClN3O. The first-order valence-corrected chi connectivity index (χ1v) is 10.3. The van der Waals surface area contributed by atoms with E-state index >= 15 is 0 Å². The number of imidazole rings is 1. The summed E-state index contributed by atoms with van der Waals surface area (Å²) in [6.45, 7) is 6.73. The number of carbonyl (C=O) groups excluding carboxylic acids is 1. The molecule has 1 N–H and O–H groups in total. The molecule has 152 valence electrons. The predicted molar refractivity (Wildman–Crippen MR) is 124 cm³/mol. The molecule has 5 heteroatoms. The van der Waals surface area contributed by atoms with Gasteiger partial charge in [-0.3, -0.25) is 4.79 Å². The molecule has 0 aliphatic rings. The number of amides is 1. The first-order chi connectivity index (χ1) is 14.3. The highest BCUT2D eigenvalue weighted by atomic mass is 35.5. The summed E-state index contributed by atoms with van der Waals surface area (Å²) in [6.07, 6.45) is 0. The van der Waals surface area contributed by atoms with E-state index in [1.807, 2.05) is 41.0 Å². The molecule has 0 spiro atoms. The maximum Gasteiger partial charge on any atom is 0.244 e. The molecule has 4 aromatic rings. The molecule has 30 heavy (non-hydrogen) atoms. The van der Waals surface area contributed by atoms with Crippen molar-refractivity contribution in [1.82, 2.24) is 9.55 Å². The molecule has 0 fully saturated rings. The normalized spacial score (nSPS) is 11.6. The number of hydrogen-bond donors (Lipinski definition) is 1. The number of carbonyl (C=O) groups is 1. The summed E-state index contributed by atoms with van der Waals surface area (Å²) in [5.41, 5.74) is 4.78. The molecule has 1 aromatic heterocycles. The number of rotatable bonds is 4. The van der Waals surface area contributed by atoms with E-state index in [0.29, 0.717) is 10.7 Å². The summed E-state index contributed by atoms with van der Waals surface area (Å²) in [5, 5.41) is 3.51. The third kappa shape index (κ3) is 4.24. The molecule has 0 saturated carbocycles. The van der Waals surface area contributed by atoms with Gasteiger partial charge < -0.3 is 9.88 Å². The van der Waals surface area contributed by atoms with E-state index in [0.717, 1.165) is 22.4 Å². The van der Waals surface area contributed by atoms with E-state index in [-0.39, 0.29) is 17.9 Å². The van der Waals surface area contributed by atoms with Crippen molar-refractivity contribution in [2.45, 2.75) is 32.7 Å². The monoisotopic (exact) mass is 417 g/mol. The van der Waals surface area contributed by atoms with Gasteiger partial charge in [0.25, 0.3) is 0 Å².